The second-order valence-corrected chi connectivity index (χ2v) is 12.0. The van der Waals surface area contributed by atoms with Crippen molar-refractivity contribution in [3.05, 3.63) is 24.3 Å². The van der Waals surface area contributed by atoms with Gasteiger partial charge in [0.1, 0.15) is 0 Å². The molecule has 0 bridgehead atoms. The van der Waals surface area contributed by atoms with E-state index in [1.807, 2.05) is 0 Å². The lowest BCUT2D eigenvalue weighted by Crippen LogP contribution is -2.28. The molecule has 5 unspecified atom stereocenters. The van der Waals surface area contributed by atoms with E-state index >= 15 is 0 Å². The molecule has 0 aromatic rings. The van der Waals surface area contributed by atoms with Crippen LogP contribution >= 0.6 is 0 Å². The van der Waals surface area contributed by atoms with Crippen molar-refractivity contribution in [3.63, 3.8) is 0 Å². The quantitative estimate of drug-likeness (QED) is 0.247. The fraction of sp³-hybridized carbons (Fsp3) is 0.812. The van der Waals surface area contributed by atoms with Crippen LogP contribution < -0.4 is 0 Å². The van der Waals surface area contributed by atoms with Gasteiger partial charge in [0.15, 0.2) is 0 Å². The van der Waals surface area contributed by atoms with Crippen molar-refractivity contribution in [1.29, 1.82) is 0 Å². The molecule has 1 aliphatic rings. The summed E-state index contributed by atoms with van der Waals surface area (Å²) in [6.45, 7) is 21.5. The Balaban J connectivity index is 3.27. The minimum Gasteiger partial charge on any atom is -0.103 e. The summed E-state index contributed by atoms with van der Waals surface area (Å²) >= 11 is 0. The molecule has 0 aliphatic heterocycles. The minimum atomic E-state index is 0.0318. The predicted molar refractivity (Wildman–Crippen MR) is 146 cm³/mol. The molecule has 184 valence electrons. The molecule has 0 aromatic heterocycles. The maximum absolute atomic E-state index is 3.85. The standard InChI is InChI=1S/C32H56/c1-10-12-13-22-32(9)23-15-14-21-31(8,27(5)6)24-17-19-29(11-2)25-30(32)20-16-18-28(7)26(3)4/h12-13,16,20,26-30H,10-11,14,17-19,21-22,24-25H2,1-9H3. The number of rotatable bonds is 9. The molecule has 0 saturated heterocycles. The van der Waals surface area contributed by atoms with Crippen LogP contribution in [0.3, 0.4) is 0 Å². The van der Waals surface area contributed by atoms with E-state index in [0.29, 0.717) is 11.3 Å². The summed E-state index contributed by atoms with van der Waals surface area (Å²) in [5.74, 6) is 11.1. The fourth-order valence-corrected chi connectivity index (χ4v) is 5.03. The first kappa shape index (κ1) is 29.1. The Morgan fingerprint density at radius 2 is 1.69 bits per heavy atom. The van der Waals surface area contributed by atoms with E-state index in [1.54, 1.807) is 0 Å². The summed E-state index contributed by atoms with van der Waals surface area (Å²) < 4.78 is 0. The van der Waals surface area contributed by atoms with Gasteiger partial charge in [-0.05, 0) is 80.5 Å². The van der Waals surface area contributed by atoms with Crippen LogP contribution in [0.1, 0.15) is 127 Å². The van der Waals surface area contributed by atoms with Crippen LogP contribution in [0.2, 0.25) is 0 Å². The maximum Gasteiger partial charge on any atom is 0.0383 e. The van der Waals surface area contributed by atoms with Crippen molar-refractivity contribution >= 4 is 0 Å². The molecule has 1 aliphatic carbocycles. The third-order valence-electron chi connectivity index (χ3n) is 8.89. The van der Waals surface area contributed by atoms with Crippen molar-refractivity contribution in [2.75, 3.05) is 0 Å². The third-order valence-corrected chi connectivity index (χ3v) is 8.89. The monoisotopic (exact) mass is 440 g/mol. The van der Waals surface area contributed by atoms with Gasteiger partial charge in [-0.25, -0.2) is 0 Å². The topological polar surface area (TPSA) is 0 Å². The highest BCUT2D eigenvalue weighted by Gasteiger charge is 2.33. The van der Waals surface area contributed by atoms with Gasteiger partial charge in [0.25, 0.3) is 0 Å². The van der Waals surface area contributed by atoms with E-state index in [9.17, 15) is 0 Å². The lowest BCUT2D eigenvalue weighted by molar-refractivity contribution is 0.167. The van der Waals surface area contributed by atoms with E-state index < -0.39 is 0 Å². The molecular formula is C32H56. The van der Waals surface area contributed by atoms with Gasteiger partial charge in [0, 0.05) is 11.8 Å². The van der Waals surface area contributed by atoms with Crippen molar-refractivity contribution in [2.45, 2.75) is 127 Å². The van der Waals surface area contributed by atoms with Gasteiger partial charge in [0.05, 0.1) is 0 Å². The van der Waals surface area contributed by atoms with Crippen LogP contribution in [0.5, 0.6) is 0 Å². The van der Waals surface area contributed by atoms with Crippen LogP contribution in [0, 0.1) is 52.3 Å². The summed E-state index contributed by atoms with van der Waals surface area (Å²) in [7, 11) is 0. The molecule has 0 fully saturated rings. The highest BCUT2D eigenvalue weighted by molar-refractivity contribution is 5.18. The number of hydrogen-bond acceptors (Lipinski definition) is 0. The van der Waals surface area contributed by atoms with Crippen molar-refractivity contribution in [1.82, 2.24) is 0 Å². The van der Waals surface area contributed by atoms with Crippen LogP contribution in [0.4, 0.5) is 0 Å². The Morgan fingerprint density at radius 3 is 2.28 bits per heavy atom. The fourth-order valence-electron chi connectivity index (χ4n) is 5.03. The lowest BCUT2D eigenvalue weighted by Gasteiger charge is -2.36. The zero-order chi connectivity index (χ0) is 24.2. The average Bonchev–Trinajstić information content (AvgIpc) is 2.74. The SMILES string of the molecule is CCC=CCC1(C)C#CCCC(C)(C(C)C)CCCC(CC)CC1C=CCC(C)C(C)C. The second kappa shape index (κ2) is 14.3. The van der Waals surface area contributed by atoms with Gasteiger partial charge in [-0.15, -0.1) is 5.92 Å². The Kier molecular flexibility index (Phi) is 13.0. The van der Waals surface area contributed by atoms with Crippen molar-refractivity contribution in [2.24, 2.45) is 40.4 Å². The van der Waals surface area contributed by atoms with Crippen LogP contribution in [-0.2, 0) is 0 Å². The maximum atomic E-state index is 3.85. The molecule has 0 saturated carbocycles. The van der Waals surface area contributed by atoms with E-state index in [1.165, 1.54) is 44.9 Å². The van der Waals surface area contributed by atoms with Crippen LogP contribution in [-0.4, -0.2) is 0 Å². The molecular weight excluding hydrogens is 384 g/mol. The Morgan fingerprint density at radius 1 is 0.969 bits per heavy atom. The molecule has 0 spiro atoms. The van der Waals surface area contributed by atoms with E-state index in [-0.39, 0.29) is 5.41 Å². The Labute approximate surface area is 203 Å². The lowest BCUT2D eigenvalue weighted by atomic mass is 9.68. The Bertz CT molecular complexity index is 624. The first-order valence-corrected chi connectivity index (χ1v) is 13.9. The minimum absolute atomic E-state index is 0.0318. The summed E-state index contributed by atoms with van der Waals surface area (Å²) in [5, 5.41) is 0. The zero-order valence-corrected chi connectivity index (χ0v) is 23.3. The summed E-state index contributed by atoms with van der Waals surface area (Å²) in [6.07, 6.45) is 22.1. The molecule has 0 nitrogen and oxygen atoms in total. The largest absolute Gasteiger partial charge is 0.103 e. The highest BCUT2D eigenvalue weighted by atomic mass is 14.4. The Hall–Kier alpha value is -0.960. The van der Waals surface area contributed by atoms with Gasteiger partial charge >= 0.3 is 0 Å². The van der Waals surface area contributed by atoms with Crippen molar-refractivity contribution in [3.8, 4) is 11.8 Å². The number of hydrogen-bond donors (Lipinski definition) is 0. The van der Waals surface area contributed by atoms with Gasteiger partial charge in [-0.2, -0.15) is 0 Å². The van der Waals surface area contributed by atoms with E-state index in [0.717, 1.165) is 42.9 Å². The first-order valence-electron chi connectivity index (χ1n) is 13.9. The molecule has 5 atom stereocenters. The van der Waals surface area contributed by atoms with Crippen LogP contribution in [0.15, 0.2) is 24.3 Å². The third kappa shape index (κ3) is 9.49. The highest BCUT2D eigenvalue weighted by Crippen LogP contribution is 2.42. The summed E-state index contributed by atoms with van der Waals surface area (Å²) in [5.41, 5.74) is 0.459. The van der Waals surface area contributed by atoms with E-state index in [2.05, 4.69) is 98.5 Å². The zero-order valence-electron chi connectivity index (χ0n) is 23.3. The van der Waals surface area contributed by atoms with Gasteiger partial charge in [-0.3, -0.25) is 0 Å². The van der Waals surface area contributed by atoms with Gasteiger partial charge in [-0.1, -0.05) is 105 Å². The average molecular weight is 441 g/mol. The predicted octanol–water partition coefficient (Wildman–Crippen LogP) is 10.2. The summed E-state index contributed by atoms with van der Waals surface area (Å²) in [6, 6.07) is 0. The molecule has 0 N–H and O–H groups in total. The number of allylic oxidation sites excluding steroid dienone is 4. The van der Waals surface area contributed by atoms with Gasteiger partial charge < -0.3 is 0 Å². The molecule has 1 rings (SSSR count). The van der Waals surface area contributed by atoms with Crippen LogP contribution in [0.25, 0.3) is 0 Å². The smallest absolute Gasteiger partial charge is 0.0383 e. The van der Waals surface area contributed by atoms with Crippen molar-refractivity contribution < 1.29 is 0 Å². The molecule has 0 amide bonds. The molecule has 0 heteroatoms. The van der Waals surface area contributed by atoms with E-state index in [4.69, 9.17) is 0 Å². The first-order chi connectivity index (χ1) is 15.1. The molecule has 0 aromatic carbocycles. The van der Waals surface area contributed by atoms with Gasteiger partial charge in [0.2, 0.25) is 0 Å². The second-order valence-electron chi connectivity index (χ2n) is 12.0. The molecule has 0 radical (unpaired) electrons. The normalized spacial score (nSPS) is 31.5. The molecule has 0 heterocycles. The summed E-state index contributed by atoms with van der Waals surface area (Å²) in [4.78, 5) is 0. The molecule has 32 heavy (non-hydrogen) atoms.